The third kappa shape index (κ3) is 2.55. The summed E-state index contributed by atoms with van der Waals surface area (Å²) in [5.74, 6) is -0.0213. The van der Waals surface area contributed by atoms with Crippen molar-refractivity contribution in [2.45, 2.75) is 44.1 Å². The second-order valence-corrected chi connectivity index (χ2v) is 4.67. The fourth-order valence-corrected chi connectivity index (χ4v) is 2.61. The molecule has 2 rings (SSSR count). The van der Waals surface area contributed by atoms with Gasteiger partial charge in [-0.3, -0.25) is 9.69 Å². The van der Waals surface area contributed by atoms with E-state index < -0.39 is 5.54 Å². The van der Waals surface area contributed by atoms with Gasteiger partial charge in [0.1, 0.15) is 5.54 Å². The lowest BCUT2D eigenvalue weighted by molar-refractivity contribution is -0.131. The van der Waals surface area contributed by atoms with Crippen LogP contribution in [0.3, 0.4) is 0 Å². The van der Waals surface area contributed by atoms with Crippen LogP contribution in [0, 0.1) is 0 Å². The van der Waals surface area contributed by atoms with Crippen LogP contribution < -0.4 is 11.1 Å². The lowest BCUT2D eigenvalue weighted by Gasteiger charge is -2.19. The number of imide groups is 1. The number of carbonyl (C=O) groups excluding carboxylic acids is 2. The van der Waals surface area contributed by atoms with Crippen LogP contribution in [0.1, 0.15) is 38.5 Å². The molecule has 1 heterocycles. The van der Waals surface area contributed by atoms with Gasteiger partial charge >= 0.3 is 6.03 Å². The van der Waals surface area contributed by atoms with Crippen molar-refractivity contribution in [3.8, 4) is 0 Å². The van der Waals surface area contributed by atoms with Gasteiger partial charge < -0.3 is 11.1 Å². The van der Waals surface area contributed by atoms with Crippen LogP contribution in [0.5, 0.6) is 0 Å². The van der Waals surface area contributed by atoms with Gasteiger partial charge in [-0.25, -0.2) is 4.79 Å². The second kappa shape index (κ2) is 5.69. The molecule has 3 N–H and O–H groups in total. The maximum absolute atomic E-state index is 12.1. The number of rotatable bonds is 4. The Kier molecular flexibility index (Phi) is 4.77. The van der Waals surface area contributed by atoms with Gasteiger partial charge in [-0.2, -0.15) is 0 Å². The first-order chi connectivity index (χ1) is 7.69. The average molecular weight is 262 g/mol. The first kappa shape index (κ1) is 14.3. The van der Waals surface area contributed by atoms with Gasteiger partial charge in [0, 0.05) is 6.54 Å². The van der Waals surface area contributed by atoms with Crippen LogP contribution in [0.2, 0.25) is 0 Å². The van der Waals surface area contributed by atoms with Gasteiger partial charge in [0.25, 0.3) is 5.91 Å². The molecule has 0 radical (unpaired) electrons. The molecule has 0 bridgehead atoms. The van der Waals surface area contributed by atoms with Crippen LogP contribution in [0.25, 0.3) is 0 Å². The molecule has 17 heavy (non-hydrogen) atoms. The summed E-state index contributed by atoms with van der Waals surface area (Å²) in [7, 11) is 0. The predicted molar refractivity (Wildman–Crippen MR) is 67.0 cm³/mol. The van der Waals surface area contributed by atoms with Crippen molar-refractivity contribution in [3.63, 3.8) is 0 Å². The number of nitrogens with one attached hydrogen (secondary N) is 1. The Balaban J connectivity index is 0.00000144. The van der Waals surface area contributed by atoms with Gasteiger partial charge in [0.2, 0.25) is 0 Å². The molecule has 0 unspecified atom stereocenters. The Labute approximate surface area is 108 Å². The number of nitrogens with two attached hydrogens (primary N) is 1. The van der Waals surface area contributed by atoms with Crippen molar-refractivity contribution < 1.29 is 9.59 Å². The van der Waals surface area contributed by atoms with Crippen LogP contribution in [-0.4, -0.2) is 35.5 Å². The number of hydrogen-bond donors (Lipinski definition) is 2. The summed E-state index contributed by atoms with van der Waals surface area (Å²) in [6.07, 6.45) is 5.30. The van der Waals surface area contributed by atoms with Crippen molar-refractivity contribution in [3.05, 3.63) is 0 Å². The lowest BCUT2D eigenvalue weighted by atomic mass is 9.98. The van der Waals surface area contributed by atoms with Crippen molar-refractivity contribution in [2.24, 2.45) is 5.73 Å². The number of unbranched alkanes of at least 4 members (excludes halogenated alkanes) is 1. The topological polar surface area (TPSA) is 75.4 Å². The Morgan fingerprint density at radius 2 is 1.88 bits per heavy atom. The Bertz CT molecular complexity index is 303. The summed E-state index contributed by atoms with van der Waals surface area (Å²) >= 11 is 0. The molecule has 3 amide bonds. The van der Waals surface area contributed by atoms with Crippen molar-refractivity contribution in [2.75, 3.05) is 13.1 Å². The molecule has 2 fully saturated rings. The van der Waals surface area contributed by atoms with Crippen molar-refractivity contribution in [1.82, 2.24) is 10.2 Å². The number of carbonyl (C=O) groups is 2. The molecule has 2 aliphatic rings. The Hall–Kier alpha value is -0.810. The highest BCUT2D eigenvalue weighted by atomic mass is 35.5. The summed E-state index contributed by atoms with van der Waals surface area (Å²) in [6, 6.07) is -0.219. The van der Waals surface area contributed by atoms with E-state index in [0.717, 1.165) is 38.5 Å². The van der Waals surface area contributed by atoms with Crippen LogP contribution in [-0.2, 0) is 4.79 Å². The molecule has 0 aromatic rings. The number of halogens is 1. The van der Waals surface area contributed by atoms with E-state index in [2.05, 4.69) is 5.32 Å². The van der Waals surface area contributed by atoms with E-state index in [-0.39, 0.29) is 24.3 Å². The quantitative estimate of drug-likeness (QED) is 0.586. The highest BCUT2D eigenvalue weighted by Gasteiger charge is 2.51. The summed E-state index contributed by atoms with van der Waals surface area (Å²) in [5.41, 5.74) is 4.84. The highest BCUT2D eigenvalue weighted by molar-refractivity contribution is 6.07. The van der Waals surface area contributed by atoms with Gasteiger partial charge in [-0.05, 0) is 32.2 Å². The summed E-state index contributed by atoms with van der Waals surface area (Å²) in [4.78, 5) is 25.2. The minimum absolute atomic E-state index is 0. The molecule has 6 heteroatoms. The molecule has 98 valence electrons. The molecule has 0 atom stereocenters. The molecule has 1 aliphatic carbocycles. The van der Waals surface area contributed by atoms with Crippen molar-refractivity contribution in [1.29, 1.82) is 0 Å². The first-order valence-corrected chi connectivity index (χ1v) is 6.04. The molecular formula is C11H20ClN3O2. The number of nitrogens with zero attached hydrogens (tertiary/aromatic N) is 1. The smallest absolute Gasteiger partial charge is 0.325 e. The zero-order valence-corrected chi connectivity index (χ0v) is 10.7. The van der Waals surface area contributed by atoms with Crippen LogP contribution >= 0.6 is 12.4 Å². The number of hydrogen-bond acceptors (Lipinski definition) is 3. The van der Waals surface area contributed by atoms with Gasteiger partial charge in [0.15, 0.2) is 0 Å². The van der Waals surface area contributed by atoms with E-state index in [0.29, 0.717) is 13.1 Å². The standard InChI is InChI=1S/C11H19N3O2.ClH/c12-7-3-4-8-14-9(15)11(13-10(14)16)5-1-2-6-11;/h1-8,12H2,(H,13,16);1H. The molecule has 0 aromatic heterocycles. The molecule has 1 saturated carbocycles. The fourth-order valence-electron chi connectivity index (χ4n) is 2.61. The fraction of sp³-hybridized carbons (Fsp3) is 0.818. The maximum Gasteiger partial charge on any atom is 0.325 e. The molecular weight excluding hydrogens is 242 g/mol. The van der Waals surface area contributed by atoms with E-state index in [9.17, 15) is 9.59 Å². The van der Waals surface area contributed by atoms with E-state index in [1.165, 1.54) is 4.90 Å². The molecule has 1 saturated heterocycles. The number of urea groups is 1. The summed E-state index contributed by atoms with van der Waals surface area (Å²) in [6.45, 7) is 1.11. The largest absolute Gasteiger partial charge is 0.330 e. The van der Waals surface area contributed by atoms with Crippen LogP contribution in [0.15, 0.2) is 0 Å². The zero-order chi connectivity index (χ0) is 11.6. The van der Waals surface area contributed by atoms with E-state index in [4.69, 9.17) is 5.73 Å². The zero-order valence-electron chi connectivity index (χ0n) is 9.91. The SMILES string of the molecule is Cl.NCCCCN1C(=O)NC2(CCCC2)C1=O. The normalized spacial score (nSPS) is 21.8. The average Bonchev–Trinajstić information content (AvgIpc) is 2.80. The van der Waals surface area contributed by atoms with E-state index in [1.807, 2.05) is 0 Å². The molecule has 1 spiro atoms. The van der Waals surface area contributed by atoms with Crippen molar-refractivity contribution >= 4 is 24.3 Å². The summed E-state index contributed by atoms with van der Waals surface area (Å²) < 4.78 is 0. The van der Waals surface area contributed by atoms with E-state index in [1.54, 1.807) is 0 Å². The van der Waals surface area contributed by atoms with Gasteiger partial charge in [-0.15, -0.1) is 12.4 Å². The first-order valence-electron chi connectivity index (χ1n) is 6.04. The van der Waals surface area contributed by atoms with Crippen LogP contribution in [0.4, 0.5) is 4.79 Å². The highest BCUT2D eigenvalue weighted by Crippen LogP contribution is 2.34. The predicted octanol–water partition coefficient (Wildman–Crippen LogP) is 1.01. The van der Waals surface area contributed by atoms with Gasteiger partial charge in [0.05, 0.1) is 0 Å². The number of amides is 3. The monoisotopic (exact) mass is 261 g/mol. The lowest BCUT2D eigenvalue weighted by Crippen LogP contribution is -2.44. The minimum atomic E-state index is -0.556. The third-order valence-electron chi connectivity index (χ3n) is 3.54. The second-order valence-electron chi connectivity index (χ2n) is 4.67. The molecule has 0 aromatic carbocycles. The third-order valence-corrected chi connectivity index (χ3v) is 3.54. The minimum Gasteiger partial charge on any atom is -0.330 e. The maximum atomic E-state index is 12.1. The molecule has 5 nitrogen and oxygen atoms in total. The Morgan fingerprint density at radius 1 is 1.24 bits per heavy atom. The summed E-state index contributed by atoms with van der Waals surface area (Å²) in [5, 5.41) is 2.86. The molecule has 1 aliphatic heterocycles. The van der Waals surface area contributed by atoms with Gasteiger partial charge in [-0.1, -0.05) is 12.8 Å². The van der Waals surface area contributed by atoms with E-state index >= 15 is 0 Å². The Morgan fingerprint density at radius 3 is 2.47 bits per heavy atom.